The van der Waals surface area contributed by atoms with Crippen molar-refractivity contribution in [2.45, 2.75) is 51.9 Å². The summed E-state index contributed by atoms with van der Waals surface area (Å²) in [5.74, 6) is -1.70. The summed E-state index contributed by atoms with van der Waals surface area (Å²) < 4.78 is 15.9. The molecule has 1 aromatic rings. The van der Waals surface area contributed by atoms with Crippen molar-refractivity contribution < 1.29 is 33.5 Å². The summed E-state index contributed by atoms with van der Waals surface area (Å²) in [6.45, 7) is 1.31. The Hall–Kier alpha value is -3.01. The van der Waals surface area contributed by atoms with E-state index in [0.29, 0.717) is 29.7 Å². The molecule has 0 radical (unpaired) electrons. The molecule has 2 fully saturated rings. The first-order valence-corrected chi connectivity index (χ1v) is 9.92. The van der Waals surface area contributed by atoms with E-state index in [0.717, 1.165) is 17.7 Å². The summed E-state index contributed by atoms with van der Waals surface area (Å²) in [7, 11) is 0. The molecule has 1 aromatic carbocycles. The van der Waals surface area contributed by atoms with Gasteiger partial charge in [0.1, 0.15) is 18.4 Å². The van der Waals surface area contributed by atoms with Crippen LogP contribution >= 0.6 is 0 Å². The number of hydrogen-bond acceptors (Lipinski definition) is 8. The number of hydrogen-bond donors (Lipinski definition) is 0. The number of benzene rings is 1. The fraction of sp³-hybridized carbons (Fsp3) is 0.550. The molecule has 160 valence electrons. The van der Waals surface area contributed by atoms with Crippen LogP contribution in [0.1, 0.15) is 43.7 Å². The molecule has 3 aliphatic rings. The number of amides is 2. The van der Waals surface area contributed by atoms with Crippen LogP contribution in [0.2, 0.25) is 0 Å². The minimum Gasteiger partial charge on any atom is -0.467 e. The van der Waals surface area contributed by atoms with Crippen molar-refractivity contribution >= 4 is 23.5 Å². The van der Waals surface area contributed by atoms with Crippen molar-refractivity contribution in [3.8, 4) is 5.75 Å². The largest absolute Gasteiger partial charge is 0.467 e. The second kappa shape index (κ2) is 8.02. The van der Waals surface area contributed by atoms with Crippen LogP contribution in [0.3, 0.4) is 0 Å². The maximum atomic E-state index is 12.7. The normalized spacial score (nSPS) is 24.0. The first-order valence-electron chi connectivity index (χ1n) is 9.92. The van der Waals surface area contributed by atoms with Crippen LogP contribution in [0.15, 0.2) is 12.1 Å². The van der Waals surface area contributed by atoms with Gasteiger partial charge in [-0.05, 0) is 19.8 Å². The summed E-state index contributed by atoms with van der Waals surface area (Å²) in [5, 5.41) is 11.2. The molecule has 2 amide bonds. The third kappa shape index (κ3) is 3.51. The first-order chi connectivity index (χ1) is 14.4. The van der Waals surface area contributed by atoms with Crippen molar-refractivity contribution in [2.24, 2.45) is 11.8 Å². The zero-order chi connectivity index (χ0) is 21.4. The Bertz CT molecular complexity index is 890. The van der Waals surface area contributed by atoms with Crippen molar-refractivity contribution in [2.75, 3.05) is 6.79 Å². The fourth-order valence-electron chi connectivity index (χ4n) is 4.44. The van der Waals surface area contributed by atoms with Gasteiger partial charge < -0.3 is 14.2 Å². The second-order valence-corrected chi connectivity index (χ2v) is 7.79. The highest BCUT2D eigenvalue weighted by Crippen LogP contribution is 2.39. The van der Waals surface area contributed by atoms with Crippen LogP contribution in [0.5, 0.6) is 5.75 Å². The molecule has 2 heterocycles. The first kappa shape index (κ1) is 20.3. The molecular weight excluding hydrogens is 396 g/mol. The number of nitrogens with zero attached hydrogens (tertiary/aromatic N) is 2. The second-order valence-electron chi connectivity index (χ2n) is 7.79. The summed E-state index contributed by atoms with van der Waals surface area (Å²) in [6, 6.07) is 1.57. The van der Waals surface area contributed by atoms with E-state index >= 15 is 0 Å². The molecule has 4 rings (SSSR count). The Morgan fingerprint density at radius 2 is 1.93 bits per heavy atom. The van der Waals surface area contributed by atoms with Gasteiger partial charge in [0.2, 0.25) is 11.8 Å². The van der Waals surface area contributed by atoms with Gasteiger partial charge in [-0.15, -0.1) is 0 Å². The van der Waals surface area contributed by atoms with E-state index in [9.17, 15) is 24.5 Å². The lowest BCUT2D eigenvalue weighted by molar-refractivity contribution is -0.385. The third-order valence-electron chi connectivity index (χ3n) is 5.96. The lowest BCUT2D eigenvalue weighted by atomic mass is 9.81. The Morgan fingerprint density at radius 3 is 2.57 bits per heavy atom. The molecule has 2 aliphatic heterocycles. The Morgan fingerprint density at radius 1 is 1.27 bits per heavy atom. The van der Waals surface area contributed by atoms with Crippen LogP contribution in [0.25, 0.3) is 0 Å². The number of nitro benzene ring substituents is 1. The maximum Gasteiger partial charge on any atom is 0.329 e. The summed E-state index contributed by atoms with van der Waals surface area (Å²) in [4.78, 5) is 49.6. The Kier molecular flexibility index (Phi) is 5.42. The van der Waals surface area contributed by atoms with Crippen LogP contribution in [-0.2, 0) is 37.1 Å². The van der Waals surface area contributed by atoms with Crippen LogP contribution < -0.4 is 4.74 Å². The number of carbonyl (C=O) groups is 3. The zero-order valence-corrected chi connectivity index (χ0v) is 16.5. The molecule has 10 heteroatoms. The number of imide groups is 1. The molecule has 0 bridgehead atoms. The molecule has 10 nitrogen and oxygen atoms in total. The summed E-state index contributed by atoms with van der Waals surface area (Å²) in [5.41, 5.74) is 0.648. The number of nitro groups is 1. The minimum absolute atomic E-state index is 0.0122. The van der Waals surface area contributed by atoms with Crippen LogP contribution in [0, 0.1) is 22.0 Å². The van der Waals surface area contributed by atoms with Crippen molar-refractivity contribution in [1.29, 1.82) is 0 Å². The highest BCUT2D eigenvalue weighted by Gasteiger charge is 2.51. The summed E-state index contributed by atoms with van der Waals surface area (Å²) in [6.07, 6.45) is 3.11. The quantitative estimate of drug-likeness (QED) is 0.308. The number of likely N-dealkylation sites (tertiary alicyclic amines) is 1. The Labute approximate surface area is 172 Å². The maximum absolute atomic E-state index is 12.7. The lowest BCUT2D eigenvalue weighted by Crippen LogP contribution is -2.44. The van der Waals surface area contributed by atoms with Crippen molar-refractivity contribution in [3.05, 3.63) is 33.4 Å². The molecule has 0 unspecified atom stereocenters. The molecule has 1 saturated carbocycles. The third-order valence-corrected chi connectivity index (χ3v) is 5.96. The van der Waals surface area contributed by atoms with E-state index < -0.39 is 16.9 Å². The van der Waals surface area contributed by atoms with Gasteiger partial charge in [-0.3, -0.25) is 24.6 Å². The highest BCUT2D eigenvalue weighted by atomic mass is 16.7. The van der Waals surface area contributed by atoms with Gasteiger partial charge in [0.15, 0.2) is 6.79 Å². The van der Waals surface area contributed by atoms with E-state index in [1.165, 1.54) is 19.1 Å². The number of carbonyl (C=O) groups excluding carboxylic acids is 3. The topological polar surface area (TPSA) is 125 Å². The predicted octanol–water partition coefficient (Wildman–Crippen LogP) is 2.07. The predicted molar refractivity (Wildman–Crippen MR) is 99.9 cm³/mol. The number of non-ortho nitro benzene ring substituents is 1. The monoisotopic (exact) mass is 418 g/mol. The molecule has 0 N–H and O–H groups in total. The number of esters is 1. The number of ether oxygens (including phenoxy) is 3. The minimum atomic E-state index is -1.06. The van der Waals surface area contributed by atoms with E-state index in [2.05, 4.69) is 0 Å². The fourth-order valence-corrected chi connectivity index (χ4v) is 4.44. The van der Waals surface area contributed by atoms with Crippen LogP contribution in [-0.4, -0.2) is 40.4 Å². The van der Waals surface area contributed by atoms with Gasteiger partial charge in [0.05, 0.1) is 23.4 Å². The standard InChI is InChI=1S/C20H22N2O8/c1-11(21-18(23)15-4-2-3-5-16(15)19(21)24)20(25)29-9-13-7-14(22(26)27)6-12-8-28-10-30-17(12)13/h6-7,11,15-16H,2-5,8-10H2,1H3/t11-,15+,16+/m0/s1. The average molecular weight is 418 g/mol. The summed E-state index contributed by atoms with van der Waals surface area (Å²) >= 11 is 0. The number of fused-ring (bicyclic) bond motifs is 2. The van der Waals surface area contributed by atoms with Crippen LogP contribution in [0.4, 0.5) is 5.69 Å². The zero-order valence-electron chi connectivity index (χ0n) is 16.5. The molecule has 30 heavy (non-hydrogen) atoms. The Balaban J connectivity index is 1.48. The molecule has 3 atom stereocenters. The smallest absolute Gasteiger partial charge is 0.329 e. The lowest BCUT2D eigenvalue weighted by Gasteiger charge is -2.23. The molecule has 1 aliphatic carbocycles. The molecule has 0 aromatic heterocycles. The highest BCUT2D eigenvalue weighted by molar-refractivity contribution is 6.07. The van der Waals surface area contributed by atoms with Crippen molar-refractivity contribution in [1.82, 2.24) is 4.90 Å². The SMILES string of the molecule is C[C@@H](C(=O)OCc1cc([N+](=O)[O-])cc2c1OCOC2)N1C(=O)[C@@H]2CCCC[C@H]2C1=O. The van der Waals surface area contributed by atoms with Gasteiger partial charge in [0.25, 0.3) is 5.69 Å². The van der Waals surface area contributed by atoms with E-state index in [1.807, 2.05) is 0 Å². The number of rotatable bonds is 5. The van der Waals surface area contributed by atoms with Gasteiger partial charge in [-0.25, -0.2) is 4.79 Å². The van der Waals surface area contributed by atoms with Crippen molar-refractivity contribution in [3.63, 3.8) is 0 Å². The molecule has 1 saturated heterocycles. The van der Waals surface area contributed by atoms with Gasteiger partial charge in [-0.1, -0.05) is 12.8 Å². The van der Waals surface area contributed by atoms with E-state index in [-0.39, 0.29) is 49.3 Å². The molecular formula is C20H22N2O8. The van der Waals surface area contributed by atoms with Gasteiger partial charge in [0, 0.05) is 23.3 Å². The average Bonchev–Trinajstić information content (AvgIpc) is 3.01. The van der Waals surface area contributed by atoms with Gasteiger partial charge in [-0.2, -0.15) is 0 Å². The van der Waals surface area contributed by atoms with E-state index in [1.54, 1.807) is 0 Å². The van der Waals surface area contributed by atoms with E-state index in [4.69, 9.17) is 14.2 Å². The molecule has 0 spiro atoms. The van der Waals surface area contributed by atoms with Gasteiger partial charge >= 0.3 is 5.97 Å².